The summed E-state index contributed by atoms with van der Waals surface area (Å²) in [4.78, 5) is 8.00. The average Bonchev–Trinajstić information content (AvgIpc) is 3.37. The second-order valence-electron chi connectivity index (χ2n) is 6.98. The number of aromatic amines is 1. The maximum Gasteiger partial charge on any atom is 0.155 e. The molecule has 1 aliphatic rings. The molecule has 9 heteroatoms. The van der Waals surface area contributed by atoms with Gasteiger partial charge >= 0.3 is 0 Å². The minimum atomic E-state index is -3.55. The summed E-state index contributed by atoms with van der Waals surface area (Å²) < 4.78 is 83.6. The van der Waals surface area contributed by atoms with Crippen LogP contribution in [0.15, 0.2) is 30.7 Å². The maximum absolute atomic E-state index is 15.2. The smallest absolute Gasteiger partial charge is 0.155 e. The number of hydrogen-bond donors (Lipinski definition) is 1. The zero-order valence-corrected chi connectivity index (χ0v) is 14.9. The van der Waals surface area contributed by atoms with Gasteiger partial charge in [-0.2, -0.15) is 10.2 Å². The lowest BCUT2D eigenvalue weighted by Gasteiger charge is -2.31. The summed E-state index contributed by atoms with van der Waals surface area (Å²) in [6.45, 7) is -7.14. The predicted octanol–water partition coefficient (Wildman–Crippen LogP) is 4.08. The van der Waals surface area contributed by atoms with E-state index in [1.54, 1.807) is 0 Å². The summed E-state index contributed by atoms with van der Waals surface area (Å²) >= 11 is 0. The molecule has 5 heterocycles. The quantitative estimate of drug-likeness (QED) is 0.559. The largest absolute Gasteiger partial charge is 0.268 e. The first-order chi connectivity index (χ1) is 15.9. The Hall–Kier alpha value is -3.23. The topological polar surface area (TPSA) is 72.3 Å². The van der Waals surface area contributed by atoms with E-state index >= 15 is 4.39 Å². The van der Waals surface area contributed by atoms with E-state index in [4.69, 9.17) is 6.85 Å². The van der Waals surface area contributed by atoms with Gasteiger partial charge in [0, 0.05) is 38.3 Å². The van der Waals surface area contributed by atoms with Crippen LogP contribution in [0.5, 0.6) is 0 Å². The van der Waals surface area contributed by atoms with Crippen molar-refractivity contribution < 1.29 is 20.0 Å². The van der Waals surface area contributed by atoms with Crippen molar-refractivity contribution in [2.45, 2.75) is 26.2 Å². The lowest BCUT2D eigenvalue weighted by Crippen LogP contribution is -2.32. The molecule has 0 bridgehead atoms. The van der Waals surface area contributed by atoms with Crippen molar-refractivity contribution in [2.75, 3.05) is 6.63 Å². The van der Waals surface area contributed by atoms with E-state index in [0.717, 1.165) is 18.5 Å². The van der Waals surface area contributed by atoms with Crippen molar-refractivity contribution in [3.63, 3.8) is 0 Å². The molecular weight excluding hydrogens is 381 g/mol. The van der Waals surface area contributed by atoms with Gasteiger partial charge in [0.25, 0.3) is 0 Å². The summed E-state index contributed by atoms with van der Waals surface area (Å²) in [5, 5.41) is 11.3. The fourth-order valence-electron chi connectivity index (χ4n) is 3.71. The summed E-state index contributed by atoms with van der Waals surface area (Å²) in [6, 6.07) is 2.48. The van der Waals surface area contributed by atoms with Gasteiger partial charge in [0.05, 0.1) is 33.7 Å². The lowest BCUT2D eigenvalue weighted by molar-refractivity contribution is 0.155. The maximum atomic E-state index is 15.2. The van der Waals surface area contributed by atoms with Crippen molar-refractivity contribution in [2.24, 2.45) is 5.41 Å². The summed E-state index contributed by atoms with van der Waals surface area (Å²) in [5.41, 5.74) is -1.09. The first-order valence-corrected chi connectivity index (χ1v) is 8.81. The van der Waals surface area contributed by atoms with Crippen LogP contribution in [0.1, 0.15) is 25.8 Å². The van der Waals surface area contributed by atoms with Gasteiger partial charge in [-0.25, -0.2) is 13.8 Å². The normalized spacial score (nSPS) is 22.4. The highest BCUT2D eigenvalue weighted by molar-refractivity contribution is 5.97. The number of fused-ring (bicyclic) bond motifs is 2. The first kappa shape index (κ1) is 13.1. The number of hydrogen-bond acceptors (Lipinski definition) is 4. The zero-order chi connectivity index (χ0) is 24.5. The molecule has 1 atom stereocenters. The van der Waals surface area contributed by atoms with Crippen molar-refractivity contribution in [1.29, 1.82) is 0 Å². The van der Waals surface area contributed by atoms with Crippen LogP contribution in [0.4, 0.5) is 13.2 Å². The third-order valence-electron chi connectivity index (χ3n) is 5.10. The molecule has 4 aromatic heterocycles. The lowest BCUT2D eigenvalue weighted by atomic mass is 9.82. The molecule has 4 aromatic rings. The van der Waals surface area contributed by atoms with Gasteiger partial charge in [-0.15, -0.1) is 0 Å². The molecule has 0 spiro atoms. The van der Waals surface area contributed by atoms with E-state index in [1.807, 2.05) is 0 Å². The van der Waals surface area contributed by atoms with Crippen LogP contribution in [-0.2, 0) is 13.0 Å². The van der Waals surface area contributed by atoms with E-state index in [-0.39, 0.29) is 35.4 Å². The van der Waals surface area contributed by atoms with Gasteiger partial charge in [-0.1, -0.05) is 6.85 Å². The van der Waals surface area contributed by atoms with E-state index in [1.165, 1.54) is 16.9 Å². The van der Waals surface area contributed by atoms with E-state index in [9.17, 15) is 8.78 Å². The molecular formula is C20H17F3N6. The van der Waals surface area contributed by atoms with E-state index in [0.29, 0.717) is 16.7 Å². The molecule has 0 aromatic carbocycles. The Morgan fingerprint density at radius 2 is 2.14 bits per heavy atom. The van der Waals surface area contributed by atoms with Crippen LogP contribution in [0.3, 0.4) is 0 Å². The summed E-state index contributed by atoms with van der Waals surface area (Å²) in [6.07, 6.45) is 2.86. The number of alkyl halides is 1. The van der Waals surface area contributed by atoms with Gasteiger partial charge in [0.15, 0.2) is 5.65 Å². The predicted molar refractivity (Wildman–Crippen MR) is 101 cm³/mol. The molecule has 0 saturated carbocycles. The Morgan fingerprint density at radius 3 is 2.90 bits per heavy atom. The number of H-pyrrole nitrogens is 1. The minimum Gasteiger partial charge on any atom is -0.268 e. The summed E-state index contributed by atoms with van der Waals surface area (Å²) in [5.74, 6) is -1.31. The first-order valence-electron chi connectivity index (χ1n) is 11.3. The van der Waals surface area contributed by atoms with Gasteiger partial charge in [0.2, 0.25) is 0 Å². The number of pyridine rings is 2. The highest BCUT2D eigenvalue weighted by Gasteiger charge is 2.35. The Labute approximate surface area is 170 Å². The monoisotopic (exact) mass is 403 g/mol. The van der Waals surface area contributed by atoms with Gasteiger partial charge in [-0.05, 0) is 25.0 Å². The molecule has 29 heavy (non-hydrogen) atoms. The minimum absolute atomic E-state index is 0.0748. The zero-order valence-electron chi connectivity index (χ0n) is 19.9. The standard InChI is InChI=1S/C20H17F3N6/c1-20(9-21)5-4-15-17(16-12-7-26-27-19(12)25-8-13(16)23)18(28-29(15)10-20)14-3-2-11(22)6-24-14/h2-3,6-8H,4-5,9-10H2,1H3,(H,25,26,27)/t20-/m0/s1/i1D3,9D2. The van der Waals surface area contributed by atoms with Crippen molar-refractivity contribution in [1.82, 2.24) is 29.9 Å². The fraction of sp³-hybridized carbons (Fsp3) is 0.300. The SMILES string of the molecule is [2H]C([2H])([2H])[C@@]1(C([2H])([2H])F)CCc2c(-c3c(F)cnc4[nH]ncc34)c(-c3ccc(F)cn3)nn2C1. The summed E-state index contributed by atoms with van der Waals surface area (Å²) in [7, 11) is 0. The molecule has 0 unspecified atom stereocenters. The van der Waals surface area contributed by atoms with Crippen molar-refractivity contribution >= 4 is 11.0 Å². The van der Waals surface area contributed by atoms with Gasteiger partial charge < -0.3 is 0 Å². The van der Waals surface area contributed by atoms with Crippen LogP contribution in [0, 0.1) is 17.0 Å². The van der Waals surface area contributed by atoms with Gasteiger partial charge in [0.1, 0.15) is 17.3 Å². The van der Waals surface area contributed by atoms with Crippen LogP contribution < -0.4 is 0 Å². The second kappa shape index (κ2) is 6.40. The molecule has 0 fully saturated rings. The number of nitrogens with one attached hydrogen (secondary N) is 1. The Kier molecular flexibility index (Phi) is 2.89. The third kappa shape index (κ3) is 2.80. The fourth-order valence-corrected chi connectivity index (χ4v) is 3.71. The number of aromatic nitrogens is 6. The highest BCUT2D eigenvalue weighted by Crippen LogP contribution is 2.43. The molecule has 1 aliphatic heterocycles. The number of nitrogens with zero attached hydrogens (tertiary/aromatic N) is 5. The Balaban J connectivity index is 1.80. The number of rotatable bonds is 3. The second-order valence-corrected chi connectivity index (χ2v) is 6.98. The average molecular weight is 403 g/mol. The van der Waals surface area contributed by atoms with Gasteiger partial charge in [-0.3, -0.25) is 19.2 Å². The molecule has 5 rings (SSSR count). The van der Waals surface area contributed by atoms with Crippen LogP contribution in [0.2, 0.25) is 0 Å². The molecule has 0 radical (unpaired) electrons. The van der Waals surface area contributed by atoms with E-state index < -0.39 is 37.1 Å². The molecule has 0 aliphatic carbocycles. The van der Waals surface area contributed by atoms with Crippen molar-refractivity contribution in [3.05, 3.63) is 48.1 Å². The van der Waals surface area contributed by atoms with Crippen LogP contribution in [-0.4, -0.2) is 36.6 Å². The number of halogens is 3. The Morgan fingerprint density at radius 1 is 1.24 bits per heavy atom. The molecule has 1 N–H and O–H groups in total. The van der Waals surface area contributed by atoms with Crippen LogP contribution >= 0.6 is 0 Å². The van der Waals surface area contributed by atoms with E-state index in [2.05, 4.69) is 25.3 Å². The van der Waals surface area contributed by atoms with Crippen molar-refractivity contribution in [3.8, 4) is 22.5 Å². The molecule has 0 saturated heterocycles. The Bertz CT molecular complexity index is 1380. The molecule has 6 nitrogen and oxygen atoms in total. The molecule has 148 valence electrons. The molecule has 0 amide bonds. The highest BCUT2D eigenvalue weighted by atomic mass is 19.1. The van der Waals surface area contributed by atoms with Crippen LogP contribution in [0.25, 0.3) is 33.5 Å². The third-order valence-corrected chi connectivity index (χ3v) is 5.10.